The predicted molar refractivity (Wildman–Crippen MR) is 139 cm³/mol. The van der Waals surface area contributed by atoms with E-state index in [-0.39, 0.29) is 5.91 Å². The summed E-state index contributed by atoms with van der Waals surface area (Å²) in [6, 6.07) is 15.8. The van der Waals surface area contributed by atoms with Gasteiger partial charge in [-0.25, -0.2) is 0 Å². The van der Waals surface area contributed by atoms with E-state index >= 15 is 0 Å². The number of rotatable bonds is 7. The van der Waals surface area contributed by atoms with Crippen molar-refractivity contribution in [2.75, 3.05) is 5.75 Å². The Bertz CT molecular complexity index is 1120. The van der Waals surface area contributed by atoms with Gasteiger partial charge in [-0.2, -0.15) is 0 Å². The third-order valence-corrected chi connectivity index (χ3v) is 8.64. The molecule has 3 aromatic rings. The number of carbonyl (C=O) groups excluding carboxylic acids is 1. The summed E-state index contributed by atoms with van der Waals surface area (Å²) in [6.07, 6.45) is 11.7. The van der Waals surface area contributed by atoms with Crippen LogP contribution in [-0.2, 0) is 11.2 Å². The Morgan fingerprint density at radius 2 is 1.74 bits per heavy atom. The molecule has 6 heteroatoms. The maximum atomic E-state index is 12.8. The average molecular weight is 477 g/mol. The van der Waals surface area contributed by atoms with Crippen LogP contribution in [0.3, 0.4) is 0 Å². The van der Waals surface area contributed by atoms with Gasteiger partial charge in [0.2, 0.25) is 5.91 Å². The maximum Gasteiger partial charge on any atom is 0.230 e. The summed E-state index contributed by atoms with van der Waals surface area (Å²) in [5.74, 6) is 2.12. The number of nitrogens with zero attached hydrogens (tertiary/aromatic N) is 3. The maximum absolute atomic E-state index is 12.8. The van der Waals surface area contributed by atoms with Crippen LogP contribution in [0.1, 0.15) is 82.1 Å². The van der Waals surface area contributed by atoms with Crippen molar-refractivity contribution in [2.24, 2.45) is 5.92 Å². The summed E-state index contributed by atoms with van der Waals surface area (Å²) in [4.78, 5) is 12.8. The van der Waals surface area contributed by atoms with Gasteiger partial charge in [0.15, 0.2) is 5.16 Å². The fourth-order valence-electron chi connectivity index (χ4n) is 5.76. The number of hydrogen-bond donors (Lipinski definition) is 1. The molecule has 0 saturated heterocycles. The van der Waals surface area contributed by atoms with E-state index < -0.39 is 0 Å². The summed E-state index contributed by atoms with van der Waals surface area (Å²) in [7, 11) is 0. The lowest BCUT2D eigenvalue weighted by Gasteiger charge is -2.29. The van der Waals surface area contributed by atoms with Gasteiger partial charge in [-0.05, 0) is 47.9 Å². The number of hydrogen-bond acceptors (Lipinski definition) is 4. The Morgan fingerprint density at radius 3 is 2.59 bits per heavy atom. The van der Waals surface area contributed by atoms with E-state index in [0.717, 1.165) is 23.8 Å². The van der Waals surface area contributed by atoms with Crippen LogP contribution in [-0.4, -0.2) is 32.5 Å². The van der Waals surface area contributed by atoms with Crippen LogP contribution in [0, 0.1) is 5.92 Å². The Kier molecular flexibility index (Phi) is 7.53. The van der Waals surface area contributed by atoms with Gasteiger partial charge < -0.3 is 9.88 Å². The minimum atomic E-state index is 0.123. The van der Waals surface area contributed by atoms with E-state index in [1.807, 2.05) is 0 Å². The monoisotopic (exact) mass is 476 g/mol. The molecule has 1 aromatic heterocycles. The third-order valence-electron chi connectivity index (χ3n) is 7.69. The molecule has 2 saturated carbocycles. The van der Waals surface area contributed by atoms with Crippen molar-refractivity contribution in [3.8, 4) is 0 Å². The average Bonchev–Trinajstić information content (AvgIpc) is 3.27. The minimum absolute atomic E-state index is 0.123. The molecule has 1 N–H and O–H groups in total. The highest BCUT2D eigenvalue weighted by atomic mass is 32.2. The van der Waals surface area contributed by atoms with Crippen molar-refractivity contribution in [3.05, 3.63) is 53.9 Å². The van der Waals surface area contributed by atoms with Crippen LogP contribution in [0.5, 0.6) is 0 Å². The zero-order valence-electron chi connectivity index (χ0n) is 20.2. The Morgan fingerprint density at radius 1 is 0.971 bits per heavy atom. The summed E-state index contributed by atoms with van der Waals surface area (Å²) < 4.78 is 2.36. The lowest BCUT2D eigenvalue weighted by Crippen LogP contribution is -2.41. The van der Waals surface area contributed by atoms with E-state index in [1.54, 1.807) is 11.8 Å². The summed E-state index contributed by atoms with van der Waals surface area (Å²) >= 11 is 1.55. The van der Waals surface area contributed by atoms with E-state index in [9.17, 15) is 4.79 Å². The summed E-state index contributed by atoms with van der Waals surface area (Å²) in [6.45, 7) is 2.26. The molecule has 0 spiro atoms. The molecule has 1 amide bonds. The van der Waals surface area contributed by atoms with E-state index in [0.29, 0.717) is 23.8 Å². The Balaban J connectivity index is 1.34. The van der Waals surface area contributed by atoms with Crippen LogP contribution in [0.4, 0.5) is 0 Å². The third kappa shape index (κ3) is 5.32. The fourth-order valence-corrected chi connectivity index (χ4v) is 6.59. The summed E-state index contributed by atoms with van der Waals surface area (Å²) in [5, 5.41) is 16.0. The normalized spacial score (nSPS) is 21.6. The lowest BCUT2D eigenvalue weighted by molar-refractivity contribution is -0.119. The van der Waals surface area contributed by atoms with E-state index in [1.165, 1.54) is 67.7 Å². The van der Waals surface area contributed by atoms with Crippen molar-refractivity contribution >= 4 is 28.4 Å². The Labute approximate surface area is 207 Å². The highest BCUT2D eigenvalue weighted by Crippen LogP contribution is 2.34. The molecule has 5 rings (SSSR count). The van der Waals surface area contributed by atoms with Crippen LogP contribution < -0.4 is 5.32 Å². The van der Waals surface area contributed by atoms with Gasteiger partial charge in [-0.3, -0.25) is 4.79 Å². The first kappa shape index (κ1) is 23.4. The van der Waals surface area contributed by atoms with Gasteiger partial charge in [-0.1, -0.05) is 93.3 Å². The minimum Gasteiger partial charge on any atom is -0.352 e. The topological polar surface area (TPSA) is 59.8 Å². The molecule has 2 aliphatic carbocycles. The van der Waals surface area contributed by atoms with Crippen LogP contribution in [0.2, 0.25) is 0 Å². The second-order valence-corrected chi connectivity index (χ2v) is 11.0. The van der Waals surface area contributed by atoms with E-state index in [2.05, 4.69) is 69.5 Å². The standard InChI is InChI=1S/C28H36N4OS/c1-20-10-5-8-17-25(20)29-27(33)19-34-28-31-30-26(32(28)23-14-3-2-4-15-23)18-22-13-9-12-21-11-6-7-16-24(21)22/h6-7,9,11-13,16,20,23,25H,2-5,8,10,14-15,17-19H2,1H3,(H,29,33). The number of amides is 1. The quantitative estimate of drug-likeness (QED) is 0.406. The van der Waals surface area contributed by atoms with Crippen molar-refractivity contribution in [3.63, 3.8) is 0 Å². The Hall–Kier alpha value is -2.34. The van der Waals surface area contributed by atoms with E-state index in [4.69, 9.17) is 0 Å². The first-order valence-electron chi connectivity index (χ1n) is 13.0. The molecule has 2 unspecified atom stereocenters. The van der Waals surface area contributed by atoms with Crippen molar-refractivity contribution in [1.82, 2.24) is 20.1 Å². The lowest BCUT2D eigenvalue weighted by atomic mass is 9.86. The number of aromatic nitrogens is 3. The molecular weight excluding hydrogens is 440 g/mol. The molecule has 2 aliphatic rings. The number of nitrogens with one attached hydrogen (secondary N) is 1. The van der Waals surface area contributed by atoms with Crippen LogP contribution in [0.25, 0.3) is 10.8 Å². The van der Waals surface area contributed by atoms with Gasteiger partial charge in [0, 0.05) is 18.5 Å². The van der Waals surface area contributed by atoms with Gasteiger partial charge >= 0.3 is 0 Å². The number of thioether (sulfide) groups is 1. The molecule has 180 valence electrons. The predicted octanol–water partition coefficient (Wildman–Crippen LogP) is 6.31. The molecular formula is C28H36N4OS. The SMILES string of the molecule is CC1CCCCC1NC(=O)CSc1nnc(Cc2cccc3ccccc23)n1C1CCCCC1. The first-order chi connectivity index (χ1) is 16.7. The van der Waals surface area contributed by atoms with Crippen molar-refractivity contribution < 1.29 is 4.79 Å². The summed E-state index contributed by atoms with van der Waals surface area (Å²) in [5.41, 5.74) is 1.28. The van der Waals surface area contributed by atoms with Gasteiger partial charge in [0.1, 0.15) is 5.82 Å². The zero-order chi connectivity index (χ0) is 23.3. The van der Waals surface area contributed by atoms with Gasteiger partial charge in [-0.15, -0.1) is 10.2 Å². The molecule has 0 aliphatic heterocycles. The fraction of sp³-hybridized carbons (Fsp3) is 0.536. The molecule has 2 aromatic carbocycles. The number of fused-ring (bicyclic) bond motifs is 1. The van der Waals surface area contributed by atoms with Crippen LogP contribution in [0.15, 0.2) is 47.6 Å². The second kappa shape index (κ2) is 10.9. The second-order valence-electron chi connectivity index (χ2n) is 10.1. The molecule has 34 heavy (non-hydrogen) atoms. The number of carbonyl (C=O) groups is 1. The van der Waals surface area contributed by atoms with Crippen molar-refractivity contribution in [1.29, 1.82) is 0 Å². The molecule has 0 bridgehead atoms. The molecule has 1 heterocycles. The van der Waals surface area contributed by atoms with Crippen molar-refractivity contribution in [2.45, 2.75) is 88.4 Å². The van der Waals surface area contributed by atoms with Gasteiger partial charge in [0.05, 0.1) is 5.75 Å². The smallest absolute Gasteiger partial charge is 0.230 e. The largest absolute Gasteiger partial charge is 0.352 e. The molecule has 5 nitrogen and oxygen atoms in total. The highest BCUT2D eigenvalue weighted by Gasteiger charge is 2.26. The molecule has 2 atom stereocenters. The van der Waals surface area contributed by atoms with Gasteiger partial charge in [0.25, 0.3) is 0 Å². The highest BCUT2D eigenvalue weighted by molar-refractivity contribution is 7.99. The molecule has 2 fully saturated rings. The van der Waals surface area contributed by atoms with Crippen LogP contribution >= 0.6 is 11.8 Å². The first-order valence-corrected chi connectivity index (χ1v) is 14.0. The zero-order valence-corrected chi connectivity index (χ0v) is 21.0. The molecule has 0 radical (unpaired) electrons. The number of benzene rings is 2.